The van der Waals surface area contributed by atoms with E-state index in [0.29, 0.717) is 0 Å². The summed E-state index contributed by atoms with van der Waals surface area (Å²) in [7, 11) is 0. The standard InChI is InChI=1S/C26H30N2O/c1-18(10-11-25-21(4)17-20(3)22(5)23(25)6)8-7-9-19(2)16-26(29)28-24-12-14-27-15-13-24/h7-17H,1-6H3,(H,27,28,29)/b9-7+,11-10+,18-8+,19-16+. The van der Waals surface area contributed by atoms with Gasteiger partial charge in [-0.3, -0.25) is 9.78 Å². The summed E-state index contributed by atoms with van der Waals surface area (Å²) in [6.45, 7) is 12.6. The third-order valence-corrected chi connectivity index (χ3v) is 4.95. The number of hydrogen-bond donors (Lipinski definition) is 1. The van der Waals surface area contributed by atoms with Crippen molar-refractivity contribution >= 4 is 17.7 Å². The van der Waals surface area contributed by atoms with Gasteiger partial charge in [0.05, 0.1) is 0 Å². The molecule has 0 aliphatic heterocycles. The van der Waals surface area contributed by atoms with Crippen molar-refractivity contribution in [3.8, 4) is 0 Å². The van der Waals surface area contributed by atoms with Crippen molar-refractivity contribution in [1.29, 1.82) is 0 Å². The molecule has 0 fully saturated rings. The van der Waals surface area contributed by atoms with Crippen LogP contribution in [0.25, 0.3) is 6.08 Å². The van der Waals surface area contributed by atoms with Crippen LogP contribution in [0.2, 0.25) is 0 Å². The van der Waals surface area contributed by atoms with Crippen LogP contribution in [0.15, 0.2) is 72.1 Å². The number of nitrogens with one attached hydrogen (secondary N) is 1. The number of amides is 1. The molecule has 0 saturated carbocycles. The zero-order chi connectivity index (χ0) is 21.4. The summed E-state index contributed by atoms with van der Waals surface area (Å²) >= 11 is 0. The molecule has 0 radical (unpaired) electrons. The molecule has 0 spiro atoms. The van der Waals surface area contributed by atoms with Gasteiger partial charge in [-0.05, 0) is 87.1 Å². The van der Waals surface area contributed by atoms with E-state index in [1.54, 1.807) is 30.6 Å². The van der Waals surface area contributed by atoms with E-state index in [1.807, 2.05) is 25.2 Å². The van der Waals surface area contributed by atoms with Crippen LogP contribution in [0, 0.1) is 27.7 Å². The van der Waals surface area contributed by atoms with Crippen molar-refractivity contribution in [2.45, 2.75) is 41.5 Å². The van der Waals surface area contributed by atoms with Gasteiger partial charge in [0.15, 0.2) is 0 Å². The lowest BCUT2D eigenvalue weighted by atomic mass is 9.94. The van der Waals surface area contributed by atoms with Crippen molar-refractivity contribution in [3.63, 3.8) is 0 Å². The maximum atomic E-state index is 12.0. The molecule has 0 saturated heterocycles. The summed E-state index contributed by atoms with van der Waals surface area (Å²) in [6, 6.07) is 5.76. The first-order valence-corrected chi connectivity index (χ1v) is 9.77. The highest BCUT2D eigenvalue weighted by atomic mass is 16.1. The Morgan fingerprint density at radius 2 is 1.62 bits per heavy atom. The van der Waals surface area contributed by atoms with E-state index in [1.165, 1.54) is 27.8 Å². The van der Waals surface area contributed by atoms with Crippen LogP contribution in [0.3, 0.4) is 0 Å². The Bertz CT molecular complexity index is 993. The van der Waals surface area contributed by atoms with Gasteiger partial charge in [0.1, 0.15) is 0 Å². The number of benzene rings is 1. The Labute approximate surface area is 174 Å². The molecule has 2 aromatic rings. The van der Waals surface area contributed by atoms with Crippen molar-refractivity contribution < 1.29 is 4.79 Å². The van der Waals surface area contributed by atoms with E-state index < -0.39 is 0 Å². The Balaban J connectivity index is 2.01. The highest BCUT2D eigenvalue weighted by Crippen LogP contribution is 2.23. The first kappa shape index (κ1) is 22.1. The average molecular weight is 387 g/mol. The Hall–Kier alpha value is -3.20. The van der Waals surface area contributed by atoms with Gasteiger partial charge in [-0.1, -0.05) is 42.0 Å². The predicted molar refractivity (Wildman–Crippen MR) is 124 cm³/mol. The molecule has 0 atom stereocenters. The SMILES string of the molecule is CC(/C=C/c1c(C)cc(C)c(C)c1C)=C\C=C\C(C)=C\C(=O)Nc1ccncc1. The lowest BCUT2D eigenvalue weighted by Gasteiger charge is -2.12. The van der Waals surface area contributed by atoms with Gasteiger partial charge >= 0.3 is 0 Å². The molecule has 1 aromatic carbocycles. The lowest BCUT2D eigenvalue weighted by Crippen LogP contribution is -2.08. The first-order valence-electron chi connectivity index (χ1n) is 9.77. The second-order valence-electron chi connectivity index (χ2n) is 7.39. The first-order chi connectivity index (χ1) is 13.8. The number of rotatable bonds is 6. The summed E-state index contributed by atoms with van der Waals surface area (Å²) in [4.78, 5) is 16.0. The van der Waals surface area contributed by atoms with Gasteiger partial charge in [0, 0.05) is 24.2 Å². The quantitative estimate of drug-likeness (QED) is 0.460. The van der Waals surface area contributed by atoms with Gasteiger partial charge < -0.3 is 5.32 Å². The van der Waals surface area contributed by atoms with Gasteiger partial charge in [0.25, 0.3) is 0 Å². The molecule has 1 aromatic heterocycles. The van der Waals surface area contributed by atoms with Crippen molar-refractivity contribution in [2.24, 2.45) is 0 Å². The minimum atomic E-state index is -0.153. The minimum absolute atomic E-state index is 0.153. The normalized spacial score (nSPS) is 12.8. The summed E-state index contributed by atoms with van der Waals surface area (Å²) in [5, 5.41) is 2.81. The highest BCUT2D eigenvalue weighted by Gasteiger charge is 2.05. The number of pyridine rings is 1. The van der Waals surface area contributed by atoms with Crippen LogP contribution in [-0.4, -0.2) is 10.9 Å². The number of anilines is 1. The maximum absolute atomic E-state index is 12.0. The van der Waals surface area contributed by atoms with E-state index in [9.17, 15) is 4.79 Å². The Morgan fingerprint density at radius 3 is 2.31 bits per heavy atom. The van der Waals surface area contributed by atoms with Crippen molar-refractivity contribution in [3.05, 3.63) is 99.9 Å². The van der Waals surface area contributed by atoms with Gasteiger partial charge in [0.2, 0.25) is 5.91 Å². The number of hydrogen-bond acceptors (Lipinski definition) is 2. The highest BCUT2D eigenvalue weighted by molar-refractivity contribution is 5.99. The second-order valence-corrected chi connectivity index (χ2v) is 7.39. The number of aryl methyl sites for hydroxylation is 2. The van der Waals surface area contributed by atoms with Crippen LogP contribution in [-0.2, 0) is 4.79 Å². The van der Waals surface area contributed by atoms with E-state index in [4.69, 9.17) is 0 Å². The number of carbonyl (C=O) groups excluding carboxylic acids is 1. The van der Waals surface area contributed by atoms with Crippen LogP contribution in [0.5, 0.6) is 0 Å². The molecule has 29 heavy (non-hydrogen) atoms. The fourth-order valence-corrected chi connectivity index (χ4v) is 3.05. The molecular weight excluding hydrogens is 356 g/mol. The third-order valence-electron chi connectivity index (χ3n) is 4.95. The zero-order valence-corrected chi connectivity index (χ0v) is 18.2. The van der Waals surface area contributed by atoms with E-state index in [2.05, 4.69) is 63.1 Å². The molecule has 1 heterocycles. The smallest absolute Gasteiger partial charge is 0.248 e. The number of allylic oxidation sites excluding steroid dienone is 6. The minimum Gasteiger partial charge on any atom is -0.322 e. The van der Waals surface area contributed by atoms with E-state index >= 15 is 0 Å². The van der Waals surface area contributed by atoms with Crippen LogP contribution in [0.4, 0.5) is 5.69 Å². The summed E-state index contributed by atoms with van der Waals surface area (Å²) in [6.07, 6.45) is 15.1. The van der Waals surface area contributed by atoms with Crippen LogP contribution >= 0.6 is 0 Å². The molecule has 1 N–H and O–H groups in total. The Morgan fingerprint density at radius 1 is 0.931 bits per heavy atom. The maximum Gasteiger partial charge on any atom is 0.248 e. The topological polar surface area (TPSA) is 42.0 Å². The predicted octanol–water partition coefficient (Wildman–Crippen LogP) is 6.42. The van der Waals surface area contributed by atoms with E-state index in [0.717, 1.165) is 16.8 Å². The van der Waals surface area contributed by atoms with Crippen molar-refractivity contribution in [1.82, 2.24) is 4.98 Å². The van der Waals surface area contributed by atoms with Gasteiger partial charge in [-0.2, -0.15) is 0 Å². The van der Waals surface area contributed by atoms with Crippen LogP contribution < -0.4 is 5.32 Å². The molecule has 3 heteroatoms. The summed E-state index contributed by atoms with van der Waals surface area (Å²) < 4.78 is 0. The average Bonchev–Trinajstić information content (AvgIpc) is 2.66. The zero-order valence-electron chi connectivity index (χ0n) is 18.2. The van der Waals surface area contributed by atoms with E-state index in [-0.39, 0.29) is 5.91 Å². The fraction of sp³-hybridized carbons (Fsp3) is 0.231. The molecular formula is C26H30N2O. The second kappa shape index (κ2) is 10.4. The molecule has 0 bridgehead atoms. The Kier molecular flexibility index (Phi) is 7.90. The molecule has 0 unspecified atom stereocenters. The molecule has 0 aliphatic carbocycles. The third kappa shape index (κ3) is 6.72. The molecule has 1 amide bonds. The summed E-state index contributed by atoms with van der Waals surface area (Å²) in [5.41, 5.74) is 9.36. The van der Waals surface area contributed by atoms with Crippen molar-refractivity contribution in [2.75, 3.05) is 5.32 Å². The lowest BCUT2D eigenvalue weighted by molar-refractivity contribution is -0.111. The fourth-order valence-electron chi connectivity index (χ4n) is 3.05. The van der Waals surface area contributed by atoms with Gasteiger partial charge in [-0.25, -0.2) is 0 Å². The van der Waals surface area contributed by atoms with Crippen LogP contribution in [0.1, 0.15) is 41.7 Å². The number of carbonyl (C=O) groups is 1. The molecule has 150 valence electrons. The largest absolute Gasteiger partial charge is 0.322 e. The molecule has 2 rings (SSSR count). The van der Waals surface area contributed by atoms with Gasteiger partial charge in [-0.15, -0.1) is 0 Å². The number of nitrogens with zero attached hydrogens (tertiary/aromatic N) is 1. The molecule has 0 aliphatic rings. The number of aromatic nitrogens is 1. The monoisotopic (exact) mass is 386 g/mol. The molecule has 3 nitrogen and oxygen atoms in total. The summed E-state index contributed by atoms with van der Waals surface area (Å²) in [5.74, 6) is -0.153.